The summed E-state index contributed by atoms with van der Waals surface area (Å²) in [4.78, 5) is 8.00. The van der Waals surface area contributed by atoms with E-state index in [1.165, 1.54) is 6.26 Å². The van der Waals surface area contributed by atoms with E-state index in [9.17, 15) is 8.42 Å². The lowest BCUT2D eigenvalue weighted by atomic mass is 10.0. The second-order valence-electron chi connectivity index (χ2n) is 5.20. The Morgan fingerprint density at radius 2 is 1.95 bits per heavy atom. The van der Waals surface area contributed by atoms with E-state index >= 15 is 0 Å². The number of hydrogen-bond acceptors (Lipinski definition) is 4. The summed E-state index contributed by atoms with van der Waals surface area (Å²) in [5.74, 6) is 1.13. The Morgan fingerprint density at radius 1 is 1.29 bits per heavy atom. The van der Waals surface area contributed by atoms with Crippen LogP contribution < -0.4 is 5.73 Å². The fraction of sp³-hybridized carbons (Fsp3) is 0.400. The second kappa shape index (κ2) is 6.41. The zero-order valence-electron chi connectivity index (χ0n) is 12.3. The average molecular weight is 307 g/mol. The van der Waals surface area contributed by atoms with Gasteiger partial charge in [-0.3, -0.25) is 0 Å². The zero-order valence-corrected chi connectivity index (χ0v) is 13.2. The number of H-pyrrole nitrogens is 1. The molecule has 0 bridgehead atoms. The quantitative estimate of drug-likeness (QED) is 0.857. The van der Waals surface area contributed by atoms with Crippen LogP contribution in [0.25, 0.3) is 11.3 Å². The lowest BCUT2D eigenvalue weighted by Crippen LogP contribution is -2.13. The van der Waals surface area contributed by atoms with Crippen molar-refractivity contribution in [2.75, 3.05) is 12.8 Å². The lowest BCUT2D eigenvalue weighted by molar-refractivity contribution is 0.595. The van der Waals surface area contributed by atoms with Crippen molar-refractivity contribution in [3.63, 3.8) is 0 Å². The molecule has 0 radical (unpaired) electrons. The fourth-order valence-electron chi connectivity index (χ4n) is 2.29. The Hall–Kier alpha value is -1.66. The topological polar surface area (TPSA) is 88.8 Å². The van der Waals surface area contributed by atoms with Crippen LogP contribution in [0.3, 0.4) is 0 Å². The largest absolute Gasteiger partial charge is 0.342 e. The van der Waals surface area contributed by atoms with Gasteiger partial charge in [0.15, 0.2) is 9.84 Å². The minimum atomic E-state index is -3.16. The van der Waals surface area contributed by atoms with Crippen LogP contribution >= 0.6 is 0 Å². The van der Waals surface area contributed by atoms with Gasteiger partial charge in [0.2, 0.25) is 0 Å². The van der Waals surface area contributed by atoms with Gasteiger partial charge in [-0.2, -0.15) is 0 Å². The molecule has 2 aromatic rings. The Kier molecular flexibility index (Phi) is 4.80. The standard InChI is InChI=1S/C15H21N3O2S/c1-3-4-12(9-16)15-17-10-14(18-15)11-5-7-13(8-6-11)21(2,19)20/h5-8,10,12H,3-4,9,16H2,1-2H3,(H,17,18). The number of sulfone groups is 1. The van der Waals surface area contributed by atoms with Gasteiger partial charge in [-0.05, 0) is 24.1 Å². The van der Waals surface area contributed by atoms with Crippen molar-refractivity contribution >= 4 is 9.84 Å². The van der Waals surface area contributed by atoms with Crippen LogP contribution in [0.1, 0.15) is 31.5 Å². The number of nitrogens with two attached hydrogens (primary N) is 1. The molecule has 1 aromatic carbocycles. The first-order valence-corrected chi connectivity index (χ1v) is 8.90. The highest BCUT2D eigenvalue weighted by Gasteiger charge is 2.13. The molecule has 0 spiro atoms. The number of rotatable bonds is 6. The highest BCUT2D eigenvalue weighted by molar-refractivity contribution is 7.90. The summed E-state index contributed by atoms with van der Waals surface area (Å²) in [7, 11) is -3.16. The fourth-order valence-corrected chi connectivity index (χ4v) is 2.92. The van der Waals surface area contributed by atoms with Crippen molar-refractivity contribution in [3.8, 4) is 11.3 Å². The van der Waals surface area contributed by atoms with Crippen LogP contribution in [-0.2, 0) is 9.84 Å². The molecule has 114 valence electrons. The molecule has 0 fully saturated rings. The first kappa shape index (κ1) is 15.7. The number of hydrogen-bond donors (Lipinski definition) is 2. The van der Waals surface area contributed by atoms with Gasteiger partial charge in [0.05, 0.1) is 16.8 Å². The first-order chi connectivity index (χ1) is 9.95. The van der Waals surface area contributed by atoms with Gasteiger partial charge in [-0.15, -0.1) is 0 Å². The summed E-state index contributed by atoms with van der Waals surface area (Å²) in [5, 5.41) is 0. The van der Waals surface area contributed by atoms with Crippen molar-refractivity contribution < 1.29 is 8.42 Å². The molecule has 0 aliphatic rings. The monoisotopic (exact) mass is 307 g/mol. The molecule has 2 rings (SSSR count). The Labute approximate surface area is 125 Å². The number of benzene rings is 1. The minimum absolute atomic E-state index is 0.235. The van der Waals surface area contributed by atoms with Gasteiger partial charge >= 0.3 is 0 Å². The van der Waals surface area contributed by atoms with E-state index in [4.69, 9.17) is 5.73 Å². The van der Waals surface area contributed by atoms with Crippen molar-refractivity contribution in [1.82, 2.24) is 9.97 Å². The third kappa shape index (κ3) is 3.71. The predicted octanol–water partition coefficient (Wildman–Crippen LogP) is 2.32. The van der Waals surface area contributed by atoms with E-state index in [1.807, 2.05) is 0 Å². The van der Waals surface area contributed by atoms with E-state index in [0.717, 1.165) is 29.9 Å². The zero-order chi connectivity index (χ0) is 15.5. The summed E-state index contributed by atoms with van der Waals surface area (Å²) in [5.41, 5.74) is 7.57. The summed E-state index contributed by atoms with van der Waals surface area (Å²) in [6.07, 6.45) is 5.02. The van der Waals surface area contributed by atoms with Crippen LogP contribution in [0, 0.1) is 0 Å². The van der Waals surface area contributed by atoms with Gasteiger partial charge < -0.3 is 10.7 Å². The molecule has 0 saturated heterocycles. The maximum atomic E-state index is 11.5. The van der Waals surface area contributed by atoms with Gasteiger partial charge in [0, 0.05) is 18.7 Å². The van der Waals surface area contributed by atoms with E-state index in [1.54, 1.807) is 30.5 Å². The molecule has 3 N–H and O–H groups in total. The van der Waals surface area contributed by atoms with Crippen molar-refractivity contribution in [2.24, 2.45) is 5.73 Å². The molecular formula is C15H21N3O2S. The van der Waals surface area contributed by atoms with Crippen molar-refractivity contribution in [3.05, 3.63) is 36.3 Å². The molecule has 1 heterocycles. The van der Waals surface area contributed by atoms with Gasteiger partial charge in [-0.1, -0.05) is 25.5 Å². The number of aromatic nitrogens is 2. The van der Waals surface area contributed by atoms with Crippen molar-refractivity contribution in [2.45, 2.75) is 30.6 Å². The lowest BCUT2D eigenvalue weighted by Gasteiger charge is -2.10. The maximum Gasteiger partial charge on any atom is 0.175 e. The molecule has 5 nitrogen and oxygen atoms in total. The Balaban J connectivity index is 2.25. The van der Waals surface area contributed by atoms with Crippen LogP contribution in [0.4, 0.5) is 0 Å². The summed E-state index contributed by atoms with van der Waals surface area (Å²) in [6.45, 7) is 2.68. The van der Waals surface area contributed by atoms with E-state index in [-0.39, 0.29) is 5.92 Å². The molecule has 1 atom stereocenters. The predicted molar refractivity (Wildman–Crippen MR) is 83.8 cm³/mol. The summed E-state index contributed by atoms with van der Waals surface area (Å²) >= 11 is 0. The molecule has 0 saturated carbocycles. The number of nitrogens with one attached hydrogen (secondary N) is 1. The molecular weight excluding hydrogens is 286 g/mol. The molecule has 0 amide bonds. The molecule has 6 heteroatoms. The highest BCUT2D eigenvalue weighted by Crippen LogP contribution is 2.23. The summed E-state index contributed by atoms with van der Waals surface area (Å²) in [6, 6.07) is 6.78. The van der Waals surface area contributed by atoms with E-state index in [2.05, 4.69) is 16.9 Å². The minimum Gasteiger partial charge on any atom is -0.342 e. The average Bonchev–Trinajstić information content (AvgIpc) is 2.93. The van der Waals surface area contributed by atoms with Crippen LogP contribution in [0.15, 0.2) is 35.4 Å². The maximum absolute atomic E-state index is 11.5. The number of aromatic amines is 1. The number of nitrogens with zero attached hydrogens (tertiary/aromatic N) is 1. The van der Waals surface area contributed by atoms with Gasteiger partial charge in [0.25, 0.3) is 0 Å². The Morgan fingerprint density at radius 3 is 2.48 bits per heavy atom. The van der Waals surface area contributed by atoms with Gasteiger partial charge in [-0.25, -0.2) is 13.4 Å². The van der Waals surface area contributed by atoms with E-state index in [0.29, 0.717) is 11.4 Å². The van der Waals surface area contributed by atoms with Crippen LogP contribution in [0.5, 0.6) is 0 Å². The van der Waals surface area contributed by atoms with Gasteiger partial charge in [0.1, 0.15) is 5.82 Å². The van der Waals surface area contributed by atoms with Crippen LogP contribution in [0.2, 0.25) is 0 Å². The van der Waals surface area contributed by atoms with Crippen molar-refractivity contribution in [1.29, 1.82) is 0 Å². The normalized spacial score (nSPS) is 13.3. The van der Waals surface area contributed by atoms with Crippen LogP contribution in [-0.4, -0.2) is 31.2 Å². The molecule has 1 aromatic heterocycles. The molecule has 0 aliphatic heterocycles. The first-order valence-electron chi connectivity index (χ1n) is 7.01. The SMILES string of the molecule is CCCC(CN)c1ncc(-c2ccc(S(C)(=O)=O)cc2)[nH]1. The smallest absolute Gasteiger partial charge is 0.175 e. The molecule has 1 unspecified atom stereocenters. The molecule has 0 aliphatic carbocycles. The third-order valence-electron chi connectivity index (χ3n) is 3.50. The molecule has 21 heavy (non-hydrogen) atoms. The third-order valence-corrected chi connectivity index (χ3v) is 4.63. The van der Waals surface area contributed by atoms with E-state index < -0.39 is 9.84 Å². The highest BCUT2D eigenvalue weighted by atomic mass is 32.2. The number of imidazole rings is 1. The Bertz CT molecular complexity index is 690. The summed E-state index contributed by atoms with van der Waals surface area (Å²) < 4.78 is 22.9. The second-order valence-corrected chi connectivity index (χ2v) is 7.22.